The van der Waals surface area contributed by atoms with Crippen LogP contribution in [0.2, 0.25) is 0 Å². The summed E-state index contributed by atoms with van der Waals surface area (Å²) in [4.78, 5) is 19.4. The Hall–Kier alpha value is -1.31. The summed E-state index contributed by atoms with van der Waals surface area (Å²) in [6.45, 7) is 0.858. The molecular formula is C7H8F3NO4. The fourth-order valence-electron chi connectivity index (χ4n) is 1.22. The highest BCUT2D eigenvalue weighted by Gasteiger charge is 2.40. The van der Waals surface area contributed by atoms with E-state index in [9.17, 15) is 18.0 Å². The van der Waals surface area contributed by atoms with Gasteiger partial charge in [-0.25, -0.2) is 4.79 Å². The Morgan fingerprint density at radius 2 is 2.07 bits per heavy atom. The highest BCUT2D eigenvalue weighted by molar-refractivity contribution is 5.79. The van der Waals surface area contributed by atoms with Crippen molar-refractivity contribution in [1.82, 2.24) is 5.32 Å². The van der Waals surface area contributed by atoms with Crippen molar-refractivity contribution < 1.29 is 32.6 Å². The molecule has 0 aromatic heterocycles. The van der Waals surface area contributed by atoms with Gasteiger partial charge in [-0.2, -0.15) is 13.2 Å². The molecule has 86 valence electrons. The van der Waals surface area contributed by atoms with Crippen LogP contribution in [0.1, 0.15) is 6.42 Å². The van der Waals surface area contributed by atoms with Gasteiger partial charge in [0.2, 0.25) is 0 Å². The summed E-state index contributed by atoms with van der Waals surface area (Å²) in [5.41, 5.74) is 0. The summed E-state index contributed by atoms with van der Waals surface area (Å²) in [5, 5.41) is 10.2. The molecule has 2 rings (SSSR count). The number of halogens is 3. The predicted octanol–water partition coefficient (Wildman–Crippen LogP) is -0.0930. The number of hydrogen-bond acceptors (Lipinski definition) is 4. The second-order valence-electron chi connectivity index (χ2n) is 3.06. The van der Waals surface area contributed by atoms with Crippen LogP contribution in [-0.4, -0.2) is 41.9 Å². The van der Waals surface area contributed by atoms with Crippen LogP contribution in [0.25, 0.3) is 0 Å². The molecule has 2 heterocycles. The maximum absolute atomic E-state index is 10.6. The van der Waals surface area contributed by atoms with Gasteiger partial charge in [-0.05, 0) is 0 Å². The van der Waals surface area contributed by atoms with Crippen molar-refractivity contribution in [2.75, 3.05) is 6.54 Å². The molecule has 0 saturated carbocycles. The molecule has 2 N–H and O–H groups in total. The maximum atomic E-state index is 10.6. The minimum absolute atomic E-state index is 0.0278. The number of morpholine rings is 1. The summed E-state index contributed by atoms with van der Waals surface area (Å²) in [6.07, 6.45) is -4.01. The number of carbonyl (C=O) groups excluding carboxylic acids is 1. The molecule has 0 aliphatic carbocycles. The second kappa shape index (κ2) is 4.05. The molecule has 2 bridgehead atoms. The van der Waals surface area contributed by atoms with Crippen molar-refractivity contribution in [3.63, 3.8) is 0 Å². The zero-order valence-corrected chi connectivity index (χ0v) is 7.37. The van der Waals surface area contributed by atoms with Crippen LogP contribution in [0, 0.1) is 0 Å². The lowest BCUT2D eigenvalue weighted by atomic mass is 10.2. The van der Waals surface area contributed by atoms with Crippen molar-refractivity contribution in [3.05, 3.63) is 0 Å². The van der Waals surface area contributed by atoms with E-state index >= 15 is 0 Å². The number of ether oxygens (including phenoxy) is 1. The van der Waals surface area contributed by atoms with Crippen molar-refractivity contribution >= 4 is 11.9 Å². The van der Waals surface area contributed by atoms with E-state index in [-0.39, 0.29) is 18.1 Å². The molecule has 0 amide bonds. The number of rotatable bonds is 0. The summed E-state index contributed by atoms with van der Waals surface area (Å²) in [6, 6.07) is 0.0278. The summed E-state index contributed by atoms with van der Waals surface area (Å²) >= 11 is 0. The van der Waals surface area contributed by atoms with Gasteiger partial charge in [0, 0.05) is 13.0 Å². The third kappa shape index (κ3) is 3.08. The monoisotopic (exact) mass is 227 g/mol. The fraction of sp³-hybridized carbons (Fsp3) is 0.714. The average Bonchev–Trinajstić information content (AvgIpc) is 2.63. The van der Waals surface area contributed by atoms with Gasteiger partial charge in [0.25, 0.3) is 0 Å². The number of nitrogens with one attached hydrogen (secondary N) is 1. The first-order valence-corrected chi connectivity index (χ1v) is 4.04. The van der Waals surface area contributed by atoms with Gasteiger partial charge >= 0.3 is 18.1 Å². The van der Waals surface area contributed by atoms with E-state index in [0.29, 0.717) is 0 Å². The molecule has 8 heteroatoms. The minimum Gasteiger partial charge on any atom is -0.475 e. The number of carbonyl (C=O) groups is 2. The standard InChI is InChI=1S/C5H7NO2.C2HF3O2/c7-5-4-1-3(8-5)2-6-4;3-2(4,5)1(6)7/h3-4,6H,1-2H2;(H,6,7)/t3-,4-;/m0./s1. The van der Waals surface area contributed by atoms with Crippen LogP contribution in [0.5, 0.6) is 0 Å². The zero-order chi connectivity index (χ0) is 11.6. The first kappa shape index (κ1) is 11.8. The van der Waals surface area contributed by atoms with E-state index in [4.69, 9.17) is 14.6 Å². The van der Waals surface area contributed by atoms with E-state index in [1.165, 1.54) is 0 Å². The smallest absolute Gasteiger partial charge is 0.475 e. The molecule has 2 atom stereocenters. The Morgan fingerprint density at radius 3 is 2.20 bits per heavy atom. The Labute approximate surface area is 82.2 Å². The number of fused-ring (bicyclic) bond motifs is 2. The molecule has 0 aromatic rings. The number of carboxylic acids is 1. The molecular weight excluding hydrogens is 219 g/mol. The van der Waals surface area contributed by atoms with Crippen molar-refractivity contribution in [2.45, 2.75) is 24.7 Å². The van der Waals surface area contributed by atoms with Crippen molar-refractivity contribution in [1.29, 1.82) is 0 Å². The van der Waals surface area contributed by atoms with Gasteiger partial charge < -0.3 is 15.2 Å². The summed E-state index contributed by atoms with van der Waals surface area (Å²) in [7, 11) is 0. The fourth-order valence-corrected chi connectivity index (χ4v) is 1.22. The summed E-state index contributed by atoms with van der Waals surface area (Å²) < 4.78 is 36.6. The molecule has 0 unspecified atom stereocenters. The van der Waals surface area contributed by atoms with Crippen LogP contribution >= 0.6 is 0 Å². The molecule has 15 heavy (non-hydrogen) atoms. The number of esters is 1. The molecule has 2 aliphatic heterocycles. The van der Waals surface area contributed by atoms with Crippen molar-refractivity contribution in [2.24, 2.45) is 0 Å². The first-order valence-electron chi connectivity index (χ1n) is 4.04. The second-order valence-corrected chi connectivity index (χ2v) is 3.06. The Kier molecular flexibility index (Phi) is 3.18. The Balaban J connectivity index is 0.000000153. The topological polar surface area (TPSA) is 75.6 Å². The van der Waals surface area contributed by atoms with E-state index in [0.717, 1.165) is 13.0 Å². The number of alkyl halides is 3. The number of carboxylic acid groups (broad SMARTS) is 1. The molecule has 2 saturated heterocycles. The predicted molar refractivity (Wildman–Crippen MR) is 40.0 cm³/mol. The molecule has 2 aliphatic rings. The molecule has 0 spiro atoms. The third-order valence-electron chi connectivity index (χ3n) is 1.90. The summed E-state index contributed by atoms with van der Waals surface area (Å²) in [5.74, 6) is -2.83. The lowest BCUT2D eigenvalue weighted by Crippen LogP contribution is -2.35. The largest absolute Gasteiger partial charge is 0.490 e. The van der Waals surface area contributed by atoms with Gasteiger partial charge in [0.15, 0.2) is 0 Å². The Morgan fingerprint density at radius 1 is 1.53 bits per heavy atom. The lowest BCUT2D eigenvalue weighted by molar-refractivity contribution is -0.192. The molecule has 0 aromatic carbocycles. The maximum Gasteiger partial charge on any atom is 0.490 e. The van der Waals surface area contributed by atoms with Crippen LogP contribution in [0.3, 0.4) is 0 Å². The number of hydrogen-bond donors (Lipinski definition) is 2. The van der Waals surface area contributed by atoms with E-state index in [2.05, 4.69) is 5.32 Å². The van der Waals surface area contributed by atoms with Crippen LogP contribution in [0.4, 0.5) is 13.2 Å². The quantitative estimate of drug-likeness (QED) is 0.565. The average molecular weight is 227 g/mol. The van der Waals surface area contributed by atoms with Crippen LogP contribution in [-0.2, 0) is 14.3 Å². The van der Waals surface area contributed by atoms with Crippen LogP contribution < -0.4 is 5.32 Å². The normalized spacial score (nSPS) is 28.1. The highest BCUT2D eigenvalue weighted by Crippen LogP contribution is 2.19. The molecule has 0 radical (unpaired) electrons. The third-order valence-corrected chi connectivity index (χ3v) is 1.90. The first-order chi connectivity index (χ1) is 6.80. The van der Waals surface area contributed by atoms with E-state index in [1.807, 2.05) is 0 Å². The van der Waals surface area contributed by atoms with Crippen LogP contribution in [0.15, 0.2) is 0 Å². The molecule has 5 nitrogen and oxygen atoms in total. The van der Waals surface area contributed by atoms with Gasteiger partial charge in [-0.3, -0.25) is 4.79 Å². The Bertz CT molecular complexity index is 278. The highest BCUT2D eigenvalue weighted by atomic mass is 19.4. The van der Waals surface area contributed by atoms with Gasteiger partial charge in [-0.1, -0.05) is 0 Å². The van der Waals surface area contributed by atoms with Crippen molar-refractivity contribution in [3.8, 4) is 0 Å². The van der Waals surface area contributed by atoms with Gasteiger partial charge in [0.05, 0.1) is 0 Å². The molecule has 2 fully saturated rings. The van der Waals surface area contributed by atoms with E-state index in [1.54, 1.807) is 0 Å². The lowest BCUT2D eigenvalue weighted by Gasteiger charge is -2.09. The zero-order valence-electron chi connectivity index (χ0n) is 7.37. The van der Waals surface area contributed by atoms with Gasteiger partial charge in [-0.15, -0.1) is 0 Å². The van der Waals surface area contributed by atoms with Gasteiger partial charge in [0.1, 0.15) is 12.1 Å². The number of aliphatic carboxylic acids is 1. The van der Waals surface area contributed by atoms with E-state index < -0.39 is 12.1 Å². The minimum atomic E-state index is -5.08. The SMILES string of the molecule is O=C(O)C(F)(F)F.O=C1O[C@@H]2CN[C@H]1C2.